The molecule has 0 aromatic heterocycles. The number of methoxy groups -OCH3 is 1. The smallest absolute Gasteiger partial charge is 0.0681 e. The van der Waals surface area contributed by atoms with Gasteiger partial charge in [-0.1, -0.05) is 30.3 Å². The number of nitrogens with one attached hydrogen (secondary N) is 1. The van der Waals surface area contributed by atoms with Crippen LogP contribution in [0.3, 0.4) is 0 Å². The Hall–Kier alpha value is -0.900. The van der Waals surface area contributed by atoms with E-state index in [4.69, 9.17) is 4.74 Å². The first-order valence-electron chi connectivity index (χ1n) is 6.19. The van der Waals surface area contributed by atoms with Crippen molar-refractivity contribution < 1.29 is 9.84 Å². The molecule has 94 valence electrons. The van der Waals surface area contributed by atoms with E-state index in [1.54, 1.807) is 7.11 Å². The predicted molar refractivity (Wildman–Crippen MR) is 67.7 cm³/mol. The van der Waals surface area contributed by atoms with Gasteiger partial charge in [-0.25, -0.2) is 0 Å². The van der Waals surface area contributed by atoms with E-state index in [1.807, 2.05) is 18.2 Å². The van der Waals surface area contributed by atoms with Crippen LogP contribution in [-0.2, 0) is 11.3 Å². The summed E-state index contributed by atoms with van der Waals surface area (Å²) in [6, 6.07) is 10.3. The molecular formula is C14H21NO2. The molecule has 17 heavy (non-hydrogen) atoms. The fraction of sp³-hybridized carbons (Fsp3) is 0.571. The van der Waals surface area contributed by atoms with Gasteiger partial charge in [0.1, 0.15) is 0 Å². The van der Waals surface area contributed by atoms with E-state index in [9.17, 15) is 5.11 Å². The fourth-order valence-electron chi connectivity index (χ4n) is 2.31. The maximum Gasteiger partial charge on any atom is 0.0681 e. The summed E-state index contributed by atoms with van der Waals surface area (Å²) in [7, 11) is 1.69. The van der Waals surface area contributed by atoms with Gasteiger partial charge in [0.05, 0.1) is 18.8 Å². The molecule has 2 N–H and O–H groups in total. The van der Waals surface area contributed by atoms with Gasteiger partial charge in [-0.05, 0) is 24.3 Å². The van der Waals surface area contributed by atoms with Crippen molar-refractivity contribution in [1.82, 2.24) is 5.32 Å². The largest absolute Gasteiger partial charge is 0.394 e. The minimum atomic E-state index is -0.259. The van der Waals surface area contributed by atoms with Crippen molar-refractivity contribution in [3.63, 3.8) is 0 Å². The molecule has 1 fully saturated rings. The summed E-state index contributed by atoms with van der Waals surface area (Å²) in [5.41, 5.74) is 0.979. The van der Waals surface area contributed by atoms with E-state index in [0.29, 0.717) is 12.5 Å². The van der Waals surface area contributed by atoms with E-state index in [-0.39, 0.29) is 12.1 Å². The number of ether oxygens (including phenoxy) is 1. The Kier molecular flexibility index (Phi) is 4.15. The van der Waals surface area contributed by atoms with Crippen LogP contribution in [0.4, 0.5) is 0 Å². The minimum Gasteiger partial charge on any atom is -0.394 e. The number of aliphatic hydroxyl groups is 1. The van der Waals surface area contributed by atoms with Crippen LogP contribution < -0.4 is 5.32 Å². The second-order valence-electron chi connectivity index (χ2n) is 4.86. The Morgan fingerprint density at radius 1 is 1.35 bits per heavy atom. The zero-order valence-electron chi connectivity index (χ0n) is 10.4. The van der Waals surface area contributed by atoms with Gasteiger partial charge < -0.3 is 15.2 Å². The molecule has 1 aromatic rings. The standard InChI is InChI=1S/C14H21NO2/c1-17-11-14(10-16,13-7-8-13)15-9-12-5-3-2-4-6-12/h2-6,13,15-16H,7-11H2,1H3. The monoisotopic (exact) mass is 235 g/mol. The number of rotatable bonds is 7. The molecule has 1 saturated carbocycles. The number of aliphatic hydroxyl groups excluding tert-OH is 1. The van der Waals surface area contributed by atoms with E-state index in [0.717, 1.165) is 6.54 Å². The first kappa shape index (κ1) is 12.6. The van der Waals surface area contributed by atoms with Crippen LogP contribution >= 0.6 is 0 Å². The summed E-state index contributed by atoms with van der Waals surface area (Å²) in [4.78, 5) is 0. The van der Waals surface area contributed by atoms with Crippen molar-refractivity contribution in [2.45, 2.75) is 24.9 Å². The molecule has 3 heteroatoms. The summed E-state index contributed by atoms with van der Waals surface area (Å²) in [5, 5.41) is 13.1. The zero-order chi connectivity index (χ0) is 12.1. The molecule has 0 radical (unpaired) electrons. The highest BCUT2D eigenvalue weighted by Crippen LogP contribution is 2.39. The van der Waals surface area contributed by atoms with E-state index >= 15 is 0 Å². The Morgan fingerprint density at radius 2 is 2.06 bits per heavy atom. The zero-order valence-corrected chi connectivity index (χ0v) is 10.4. The molecule has 0 bridgehead atoms. The normalized spacial score (nSPS) is 18.9. The summed E-state index contributed by atoms with van der Waals surface area (Å²) < 4.78 is 5.27. The van der Waals surface area contributed by atoms with Crippen LogP contribution in [-0.4, -0.2) is 31.0 Å². The molecule has 1 aromatic carbocycles. The molecule has 0 amide bonds. The molecule has 1 atom stereocenters. The third kappa shape index (κ3) is 3.06. The Bertz CT molecular complexity index is 337. The molecule has 0 heterocycles. The predicted octanol–water partition coefficient (Wildman–Crippen LogP) is 1.56. The topological polar surface area (TPSA) is 41.5 Å². The van der Waals surface area contributed by atoms with Crippen LogP contribution in [0.1, 0.15) is 18.4 Å². The second-order valence-corrected chi connectivity index (χ2v) is 4.86. The summed E-state index contributed by atoms with van der Waals surface area (Å²) in [6.45, 7) is 1.49. The minimum absolute atomic E-state index is 0.137. The lowest BCUT2D eigenvalue weighted by Gasteiger charge is -2.32. The Labute approximate surface area is 103 Å². The van der Waals surface area contributed by atoms with Crippen molar-refractivity contribution >= 4 is 0 Å². The highest BCUT2D eigenvalue weighted by molar-refractivity contribution is 5.15. The molecule has 0 aliphatic heterocycles. The van der Waals surface area contributed by atoms with Gasteiger partial charge in [-0.3, -0.25) is 0 Å². The van der Waals surface area contributed by atoms with Crippen molar-refractivity contribution in [2.24, 2.45) is 5.92 Å². The van der Waals surface area contributed by atoms with Crippen molar-refractivity contribution in [2.75, 3.05) is 20.3 Å². The van der Waals surface area contributed by atoms with Crippen LogP contribution in [0.25, 0.3) is 0 Å². The van der Waals surface area contributed by atoms with Gasteiger partial charge in [-0.2, -0.15) is 0 Å². The lowest BCUT2D eigenvalue weighted by atomic mass is 9.94. The maximum absolute atomic E-state index is 9.65. The van der Waals surface area contributed by atoms with Crippen LogP contribution in [0, 0.1) is 5.92 Å². The Morgan fingerprint density at radius 3 is 2.59 bits per heavy atom. The summed E-state index contributed by atoms with van der Waals surface area (Å²) >= 11 is 0. The third-order valence-corrected chi connectivity index (χ3v) is 3.53. The van der Waals surface area contributed by atoms with Crippen molar-refractivity contribution in [3.8, 4) is 0 Å². The van der Waals surface area contributed by atoms with Gasteiger partial charge in [0, 0.05) is 13.7 Å². The highest BCUT2D eigenvalue weighted by atomic mass is 16.5. The number of hydrogen-bond donors (Lipinski definition) is 2. The van der Waals surface area contributed by atoms with E-state index in [2.05, 4.69) is 17.4 Å². The lowest BCUT2D eigenvalue weighted by molar-refractivity contribution is 0.0469. The average Bonchev–Trinajstić information content (AvgIpc) is 3.20. The van der Waals surface area contributed by atoms with Gasteiger partial charge in [-0.15, -0.1) is 0 Å². The van der Waals surface area contributed by atoms with Gasteiger partial charge >= 0.3 is 0 Å². The highest BCUT2D eigenvalue weighted by Gasteiger charge is 2.44. The average molecular weight is 235 g/mol. The molecule has 2 rings (SSSR count). The maximum atomic E-state index is 9.65. The van der Waals surface area contributed by atoms with Crippen molar-refractivity contribution in [1.29, 1.82) is 0 Å². The SMILES string of the molecule is COCC(CO)(NCc1ccccc1)C1CC1. The second kappa shape index (κ2) is 5.63. The molecule has 0 spiro atoms. The van der Waals surface area contributed by atoms with Gasteiger partial charge in [0.15, 0.2) is 0 Å². The summed E-state index contributed by atoms with van der Waals surface area (Å²) in [5.74, 6) is 0.552. The molecule has 1 aliphatic carbocycles. The molecule has 1 unspecified atom stereocenters. The van der Waals surface area contributed by atoms with E-state index < -0.39 is 0 Å². The molecule has 0 saturated heterocycles. The molecular weight excluding hydrogens is 214 g/mol. The van der Waals surface area contributed by atoms with Crippen LogP contribution in [0.5, 0.6) is 0 Å². The number of hydrogen-bond acceptors (Lipinski definition) is 3. The van der Waals surface area contributed by atoms with Crippen LogP contribution in [0.2, 0.25) is 0 Å². The van der Waals surface area contributed by atoms with Gasteiger partial charge in [0.25, 0.3) is 0 Å². The first-order chi connectivity index (χ1) is 8.30. The molecule has 1 aliphatic rings. The van der Waals surface area contributed by atoms with Crippen LogP contribution in [0.15, 0.2) is 30.3 Å². The first-order valence-corrected chi connectivity index (χ1v) is 6.19. The quantitative estimate of drug-likeness (QED) is 0.753. The Balaban J connectivity index is 1.97. The van der Waals surface area contributed by atoms with Crippen molar-refractivity contribution in [3.05, 3.63) is 35.9 Å². The molecule has 3 nitrogen and oxygen atoms in total. The summed E-state index contributed by atoms with van der Waals surface area (Å²) in [6.07, 6.45) is 2.37. The fourth-order valence-corrected chi connectivity index (χ4v) is 2.31. The lowest BCUT2D eigenvalue weighted by Crippen LogP contribution is -2.53. The van der Waals surface area contributed by atoms with E-state index in [1.165, 1.54) is 18.4 Å². The third-order valence-electron chi connectivity index (χ3n) is 3.53. The number of benzene rings is 1. The van der Waals surface area contributed by atoms with Gasteiger partial charge in [0.2, 0.25) is 0 Å².